The zero-order chi connectivity index (χ0) is 16.8. The van der Waals surface area contributed by atoms with Crippen molar-refractivity contribution in [3.8, 4) is 0 Å². The highest BCUT2D eigenvalue weighted by Crippen LogP contribution is 2.61. The van der Waals surface area contributed by atoms with Gasteiger partial charge in [-0.05, 0) is 67.4 Å². The van der Waals surface area contributed by atoms with Gasteiger partial charge in [0.05, 0.1) is 0 Å². The topological polar surface area (TPSA) is 43.4 Å². The summed E-state index contributed by atoms with van der Waals surface area (Å²) in [5.74, 6) is 1.05. The lowest BCUT2D eigenvalue weighted by Crippen LogP contribution is -2.51. The first-order valence-electron chi connectivity index (χ1n) is 8.85. The van der Waals surface area contributed by atoms with Crippen LogP contribution in [0.2, 0.25) is 0 Å². The normalized spacial score (nSPS) is 40.3. The van der Waals surface area contributed by atoms with Gasteiger partial charge in [0, 0.05) is 12.0 Å². The summed E-state index contributed by atoms with van der Waals surface area (Å²) in [5, 5.41) is 0. The lowest BCUT2D eigenvalue weighted by atomic mass is 9.47. The number of esters is 1. The SMILES string of the molecule is CC1=CC(=O)C[C@H]2[C@](C)(CCC3=CCOC3=O)[C@H](C)CC[C@@]12C. The van der Waals surface area contributed by atoms with E-state index in [0.29, 0.717) is 24.9 Å². The lowest BCUT2D eigenvalue weighted by Gasteiger charge is -2.57. The smallest absolute Gasteiger partial charge is 0.334 e. The molecule has 0 aromatic rings. The number of ketones is 1. The molecule has 126 valence electrons. The maximum Gasteiger partial charge on any atom is 0.334 e. The largest absolute Gasteiger partial charge is 0.458 e. The number of fused-ring (bicyclic) bond motifs is 1. The number of carbonyl (C=O) groups excluding carboxylic acids is 2. The molecule has 3 nitrogen and oxygen atoms in total. The second-order valence-electron chi connectivity index (χ2n) is 8.24. The standard InChI is InChI=1S/C20H28O3/c1-13-5-8-20(4)14(2)11-16(21)12-17(20)19(13,3)9-6-15-7-10-23-18(15)22/h7,11,13,17H,5-6,8-10,12H2,1-4H3/t13-,17+,19-,20+/m1/s1. The average Bonchev–Trinajstić information content (AvgIpc) is 2.90. The Hall–Kier alpha value is -1.38. The molecule has 1 fully saturated rings. The van der Waals surface area contributed by atoms with Gasteiger partial charge in [-0.15, -0.1) is 0 Å². The molecule has 1 heterocycles. The summed E-state index contributed by atoms with van der Waals surface area (Å²) in [7, 11) is 0. The summed E-state index contributed by atoms with van der Waals surface area (Å²) in [5.41, 5.74) is 2.28. The van der Waals surface area contributed by atoms with Crippen molar-refractivity contribution in [2.24, 2.45) is 22.7 Å². The van der Waals surface area contributed by atoms with Gasteiger partial charge in [0.25, 0.3) is 0 Å². The Labute approximate surface area is 139 Å². The number of ether oxygens (including phenoxy) is 1. The quantitative estimate of drug-likeness (QED) is 0.732. The van der Waals surface area contributed by atoms with Gasteiger partial charge >= 0.3 is 5.97 Å². The second kappa shape index (κ2) is 5.61. The summed E-state index contributed by atoms with van der Waals surface area (Å²) in [6.45, 7) is 9.54. The van der Waals surface area contributed by atoms with Crippen LogP contribution in [0.15, 0.2) is 23.3 Å². The molecule has 3 rings (SSSR count). The average molecular weight is 316 g/mol. The molecule has 0 bridgehead atoms. The minimum absolute atomic E-state index is 0.0852. The fraction of sp³-hybridized carbons (Fsp3) is 0.700. The van der Waals surface area contributed by atoms with Crippen LogP contribution in [0.3, 0.4) is 0 Å². The molecule has 0 aromatic heterocycles. The molecule has 0 radical (unpaired) electrons. The fourth-order valence-electron chi connectivity index (χ4n) is 5.11. The molecule has 0 unspecified atom stereocenters. The van der Waals surface area contributed by atoms with Gasteiger partial charge in [-0.1, -0.05) is 26.3 Å². The van der Waals surface area contributed by atoms with Gasteiger partial charge in [0.2, 0.25) is 0 Å². The molecule has 3 heteroatoms. The summed E-state index contributed by atoms with van der Waals surface area (Å²) in [6.07, 6.45) is 8.50. The van der Waals surface area contributed by atoms with Crippen LogP contribution in [-0.2, 0) is 14.3 Å². The van der Waals surface area contributed by atoms with Crippen LogP contribution >= 0.6 is 0 Å². The van der Waals surface area contributed by atoms with E-state index in [9.17, 15) is 9.59 Å². The van der Waals surface area contributed by atoms with Crippen LogP contribution in [0.4, 0.5) is 0 Å². The zero-order valence-electron chi connectivity index (χ0n) is 14.8. The van der Waals surface area contributed by atoms with E-state index in [1.165, 1.54) is 12.0 Å². The van der Waals surface area contributed by atoms with Crippen LogP contribution in [0.25, 0.3) is 0 Å². The molecule has 0 amide bonds. The summed E-state index contributed by atoms with van der Waals surface area (Å²) < 4.78 is 5.03. The van der Waals surface area contributed by atoms with Crippen molar-refractivity contribution < 1.29 is 14.3 Å². The first kappa shape index (κ1) is 16.5. The van der Waals surface area contributed by atoms with Crippen molar-refractivity contribution in [2.75, 3.05) is 6.61 Å². The van der Waals surface area contributed by atoms with Gasteiger partial charge in [0.1, 0.15) is 6.61 Å². The van der Waals surface area contributed by atoms with Crippen molar-refractivity contribution in [1.82, 2.24) is 0 Å². The van der Waals surface area contributed by atoms with E-state index < -0.39 is 0 Å². The molecule has 0 N–H and O–H groups in total. The van der Waals surface area contributed by atoms with Crippen LogP contribution in [0.5, 0.6) is 0 Å². The maximum atomic E-state index is 12.2. The Morgan fingerprint density at radius 3 is 2.70 bits per heavy atom. The molecule has 2 aliphatic carbocycles. The van der Waals surface area contributed by atoms with E-state index in [4.69, 9.17) is 4.74 Å². The highest BCUT2D eigenvalue weighted by atomic mass is 16.5. The molecule has 1 saturated carbocycles. The Morgan fingerprint density at radius 1 is 1.30 bits per heavy atom. The minimum Gasteiger partial charge on any atom is -0.458 e. The van der Waals surface area contributed by atoms with E-state index in [0.717, 1.165) is 24.8 Å². The van der Waals surface area contributed by atoms with E-state index >= 15 is 0 Å². The van der Waals surface area contributed by atoms with Gasteiger partial charge in [-0.3, -0.25) is 4.79 Å². The van der Waals surface area contributed by atoms with E-state index in [2.05, 4.69) is 27.7 Å². The molecule has 0 spiro atoms. The first-order valence-corrected chi connectivity index (χ1v) is 8.85. The number of cyclic esters (lactones) is 1. The van der Waals surface area contributed by atoms with Crippen molar-refractivity contribution >= 4 is 11.8 Å². The molecule has 1 aliphatic heterocycles. The van der Waals surface area contributed by atoms with Crippen LogP contribution in [0.1, 0.15) is 59.8 Å². The number of hydrogen-bond donors (Lipinski definition) is 0. The van der Waals surface area contributed by atoms with Crippen molar-refractivity contribution in [3.63, 3.8) is 0 Å². The zero-order valence-corrected chi connectivity index (χ0v) is 14.8. The molecule has 23 heavy (non-hydrogen) atoms. The van der Waals surface area contributed by atoms with Crippen LogP contribution in [-0.4, -0.2) is 18.4 Å². The third-order valence-electron chi connectivity index (χ3n) is 7.21. The molecular weight excluding hydrogens is 288 g/mol. The Bertz CT molecular complexity index is 600. The van der Waals surface area contributed by atoms with Gasteiger partial charge in [-0.25, -0.2) is 4.79 Å². The van der Waals surface area contributed by atoms with Gasteiger partial charge in [-0.2, -0.15) is 0 Å². The third kappa shape index (κ3) is 2.58. The maximum absolute atomic E-state index is 12.2. The van der Waals surface area contributed by atoms with E-state index in [-0.39, 0.29) is 22.6 Å². The number of hydrogen-bond acceptors (Lipinski definition) is 3. The van der Waals surface area contributed by atoms with Crippen molar-refractivity contribution in [1.29, 1.82) is 0 Å². The van der Waals surface area contributed by atoms with Crippen molar-refractivity contribution in [3.05, 3.63) is 23.3 Å². The Balaban J connectivity index is 1.87. The van der Waals surface area contributed by atoms with Crippen molar-refractivity contribution in [2.45, 2.75) is 59.8 Å². The van der Waals surface area contributed by atoms with E-state index in [1.54, 1.807) is 0 Å². The molecule has 3 aliphatic rings. The molecule has 0 aromatic carbocycles. The third-order valence-corrected chi connectivity index (χ3v) is 7.21. The van der Waals surface area contributed by atoms with Gasteiger partial charge < -0.3 is 4.74 Å². The summed E-state index contributed by atoms with van der Waals surface area (Å²) >= 11 is 0. The number of rotatable bonds is 3. The minimum atomic E-state index is -0.157. The number of carbonyl (C=O) groups is 2. The van der Waals surface area contributed by atoms with Gasteiger partial charge in [0.15, 0.2) is 5.78 Å². The summed E-state index contributed by atoms with van der Waals surface area (Å²) in [6, 6.07) is 0. The summed E-state index contributed by atoms with van der Waals surface area (Å²) in [4.78, 5) is 23.9. The Kier molecular flexibility index (Phi) is 4.02. The second-order valence-corrected chi connectivity index (χ2v) is 8.24. The first-order chi connectivity index (χ1) is 10.8. The monoisotopic (exact) mass is 316 g/mol. The fourth-order valence-corrected chi connectivity index (χ4v) is 5.11. The molecule has 0 saturated heterocycles. The van der Waals surface area contributed by atoms with Crippen LogP contribution < -0.4 is 0 Å². The molecule has 4 atom stereocenters. The highest BCUT2D eigenvalue weighted by molar-refractivity contribution is 5.92. The van der Waals surface area contributed by atoms with E-state index in [1.807, 2.05) is 12.2 Å². The Morgan fingerprint density at radius 2 is 2.04 bits per heavy atom. The highest BCUT2D eigenvalue weighted by Gasteiger charge is 2.54. The predicted octanol–water partition coefficient (Wildman–Crippen LogP) is 4.23. The number of allylic oxidation sites excluding steroid dienone is 2. The predicted molar refractivity (Wildman–Crippen MR) is 89.8 cm³/mol. The van der Waals surface area contributed by atoms with Crippen LogP contribution in [0, 0.1) is 22.7 Å². The molecular formula is C20H28O3. The lowest BCUT2D eigenvalue weighted by molar-refractivity contribution is -0.136.